The molecule has 1 fully saturated rings. The maximum Gasteiger partial charge on any atom is 0.230 e. The van der Waals surface area contributed by atoms with Crippen LogP contribution in [0.3, 0.4) is 0 Å². The molecule has 1 unspecified atom stereocenters. The lowest BCUT2D eigenvalue weighted by Crippen LogP contribution is -2.28. The smallest absolute Gasteiger partial charge is 0.230 e. The Labute approximate surface area is 151 Å². The van der Waals surface area contributed by atoms with Crippen molar-refractivity contribution in [2.75, 3.05) is 31.0 Å². The first-order chi connectivity index (χ1) is 12.5. The van der Waals surface area contributed by atoms with Gasteiger partial charge in [0.1, 0.15) is 17.3 Å². The SMILES string of the molecule is COc1ccc(OC)c(N2CC(C(=O)Nc3cccc(C)n3)CC2=O)c1. The Hall–Kier alpha value is -3.09. The van der Waals surface area contributed by atoms with E-state index in [9.17, 15) is 9.59 Å². The van der Waals surface area contributed by atoms with Crippen LogP contribution in [-0.4, -0.2) is 37.6 Å². The van der Waals surface area contributed by atoms with Gasteiger partial charge in [-0.15, -0.1) is 0 Å². The fourth-order valence-electron chi connectivity index (χ4n) is 2.96. The summed E-state index contributed by atoms with van der Waals surface area (Å²) in [6.45, 7) is 2.13. The minimum atomic E-state index is -0.458. The van der Waals surface area contributed by atoms with E-state index >= 15 is 0 Å². The van der Waals surface area contributed by atoms with Gasteiger partial charge in [-0.2, -0.15) is 0 Å². The van der Waals surface area contributed by atoms with Gasteiger partial charge < -0.3 is 19.7 Å². The summed E-state index contributed by atoms with van der Waals surface area (Å²) in [5, 5.41) is 2.78. The first kappa shape index (κ1) is 17.7. The molecule has 0 aliphatic carbocycles. The molecule has 1 aromatic carbocycles. The molecule has 2 heterocycles. The molecule has 1 N–H and O–H groups in total. The largest absolute Gasteiger partial charge is 0.497 e. The third-order valence-electron chi connectivity index (χ3n) is 4.31. The van der Waals surface area contributed by atoms with Crippen LogP contribution >= 0.6 is 0 Å². The van der Waals surface area contributed by atoms with Gasteiger partial charge in [0.2, 0.25) is 11.8 Å². The third kappa shape index (κ3) is 3.61. The zero-order valence-electron chi connectivity index (χ0n) is 15.0. The number of amides is 2. The van der Waals surface area contributed by atoms with E-state index in [2.05, 4.69) is 10.3 Å². The van der Waals surface area contributed by atoms with E-state index < -0.39 is 5.92 Å². The summed E-state index contributed by atoms with van der Waals surface area (Å²) in [5.41, 5.74) is 1.41. The first-order valence-corrected chi connectivity index (χ1v) is 8.28. The average Bonchev–Trinajstić information content (AvgIpc) is 3.03. The van der Waals surface area contributed by atoms with Crippen LogP contribution in [0, 0.1) is 12.8 Å². The predicted molar refractivity (Wildman–Crippen MR) is 97.6 cm³/mol. The highest BCUT2D eigenvalue weighted by atomic mass is 16.5. The van der Waals surface area contributed by atoms with Crippen LogP contribution < -0.4 is 19.7 Å². The van der Waals surface area contributed by atoms with Gasteiger partial charge >= 0.3 is 0 Å². The molecule has 7 heteroatoms. The number of methoxy groups -OCH3 is 2. The molecule has 2 aromatic rings. The maximum absolute atomic E-state index is 12.5. The molecule has 1 atom stereocenters. The number of anilines is 2. The van der Waals surface area contributed by atoms with Gasteiger partial charge in [0.05, 0.1) is 25.8 Å². The molecule has 1 aliphatic rings. The molecule has 7 nitrogen and oxygen atoms in total. The van der Waals surface area contributed by atoms with Crippen molar-refractivity contribution in [3.05, 3.63) is 42.1 Å². The molecule has 3 rings (SSSR count). The van der Waals surface area contributed by atoms with Gasteiger partial charge in [-0.05, 0) is 31.2 Å². The third-order valence-corrected chi connectivity index (χ3v) is 4.31. The lowest BCUT2D eigenvalue weighted by molar-refractivity contribution is -0.122. The molecule has 0 spiro atoms. The van der Waals surface area contributed by atoms with E-state index in [0.717, 1.165) is 5.69 Å². The number of pyridine rings is 1. The number of ether oxygens (including phenoxy) is 2. The molecule has 26 heavy (non-hydrogen) atoms. The topological polar surface area (TPSA) is 80.8 Å². The van der Waals surface area contributed by atoms with Crippen molar-refractivity contribution >= 4 is 23.3 Å². The molecular weight excluding hydrogens is 334 g/mol. The van der Waals surface area contributed by atoms with Crippen LogP contribution in [0.2, 0.25) is 0 Å². The standard InChI is InChI=1S/C19H21N3O4/c1-12-5-4-6-17(20-12)21-19(24)13-9-18(23)22(11-13)15-10-14(25-2)7-8-16(15)26-3/h4-8,10,13H,9,11H2,1-3H3,(H,20,21,24). The summed E-state index contributed by atoms with van der Waals surface area (Å²) >= 11 is 0. The Morgan fingerprint density at radius 3 is 2.73 bits per heavy atom. The Morgan fingerprint density at radius 1 is 1.23 bits per heavy atom. The molecule has 0 bridgehead atoms. The molecule has 1 saturated heterocycles. The lowest BCUT2D eigenvalue weighted by Gasteiger charge is -2.20. The number of aryl methyl sites for hydroxylation is 1. The molecule has 136 valence electrons. The second-order valence-electron chi connectivity index (χ2n) is 6.10. The van der Waals surface area contributed by atoms with Crippen molar-refractivity contribution in [2.45, 2.75) is 13.3 Å². The van der Waals surface area contributed by atoms with E-state index in [1.807, 2.05) is 19.1 Å². The number of aromatic nitrogens is 1. The number of carbonyl (C=O) groups excluding carboxylic acids is 2. The fraction of sp³-hybridized carbons (Fsp3) is 0.316. The first-order valence-electron chi connectivity index (χ1n) is 8.28. The molecule has 0 saturated carbocycles. The Bertz CT molecular complexity index is 837. The summed E-state index contributed by atoms with van der Waals surface area (Å²) < 4.78 is 10.6. The summed E-state index contributed by atoms with van der Waals surface area (Å²) in [7, 11) is 3.10. The predicted octanol–water partition coefficient (Wildman–Crippen LogP) is 2.40. The highest BCUT2D eigenvalue weighted by Crippen LogP contribution is 2.36. The monoisotopic (exact) mass is 355 g/mol. The minimum Gasteiger partial charge on any atom is -0.497 e. The molecule has 0 radical (unpaired) electrons. The summed E-state index contributed by atoms with van der Waals surface area (Å²) in [4.78, 5) is 30.9. The van der Waals surface area contributed by atoms with E-state index in [1.54, 1.807) is 43.4 Å². The van der Waals surface area contributed by atoms with Crippen molar-refractivity contribution in [2.24, 2.45) is 5.92 Å². The number of nitrogens with zero attached hydrogens (tertiary/aromatic N) is 2. The normalized spacial score (nSPS) is 16.5. The van der Waals surface area contributed by atoms with Crippen LogP contribution in [0.1, 0.15) is 12.1 Å². The zero-order chi connectivity index (χ0) is 18.7. The number of rotatable bonds is 5. The molecular formula is C19H21N3O4. The van der Waals surface area contributed by atoms with E-state index in [1.165, 1.54) is 0 Å². The van der Waals surface area contributed by atoms with Crippen molar-refractivity contribution < 1.29 is 19.1 Å². The quantitative estimate of drug-likeness (QED) is 0.891. The second-order valence-corrected chi connectivity index (χ2v) is 6.10. The van der Waals surface area contributed by atoms with Gasteiger partial charge in [-0.1, -0.05) is 6.07 Å². The van der Waals surface area contributed by atoms with Gasteiger partial charge in [0, 0.05) is 24.7 Å². The molecule has 1 aliphatic heterocycles. The van der Waals surface area contributed by atoms with Crippen LogP contribution in [0.25, 0.3) is 0 Å². The number of benzene rings is 1. The van der Waals surface area contributed by atoms with E-state index in [0.29, 0.717) is 23.0 Å². The lowest BCUT2D eigenvalue weighted by atomic mass is 10.1. The van der Waals surface area contributed by atoms with Crippen molar-refractivity contribution in [3.8, 4) is 11.5 Å². The highest BCUT2D eigenvalue weighted by molar-refractivity contribution is 6.04. The summed E-state index contributed by atoms with van der Waals surface area (Å²) in [5.74, 6) is 0.848. The summed E-state index contributed by atoms with van der Waals surface area (Å²) in [6, 6.07) is 10.6. The van der Waals surface area contributed by atoms with Crippen LogP contribution in [0.5, 0.6) is 11.5 Å². The molecule has 1 aromatic heterocycles. The van der Waals surface area contributed by atoms with Gasteiger partial charge in [-0.25, -0.2) is 4.98 Å². The van der Waals surface area contributed by atoms with Crippen LogP contribution in [0.15, 0.2) is 36.4 Å². The number of carbonyl (C=O) groups is 2. The van der Waals surface area contributed by atoms with Crippen molar-refractivity contribution in [3.63, 3.8) is 0 Å². The number of hydrogen-bond donors (Lipinski definition) is 1. The zero-order valence-corrected chi connectivity index (χ0v) is 15.0. The number of nitrogens with one attached hydrogen (secondary N) is 1. The van der Waals surface area contributed by atoms with Crippen molar-refractivity contribution in [1.29, 1.82) is 0 Å². The molecule has 2 amide bonds. The Morgan fingerprint density at radius 2 is 2.04 bits per heavy atom. The Kier molecular flexibility index (Phi) is 5.06. The Balaban J connectivity index is 1.77. The van der Waals surface area contributed by atoms with E-state index in [-0.39, 0.29) is 24.8 Å². The summed E-state index contributed by atoms with van der Waals surface area (Å²) in [6.07, 6.45) is 0.137. The highest BCUT2D eigenvalue weighted by Gasteiger charge is 2.36. The fourth-order valence-corrected chi connectivity index (χ4v) is 2.96. The van der Waals surface area contributed by atoms with Gasteiger partial charge in [-0.3, -0.25) is 9.59 Å². The van der Waals surface area contributed by atoms with Crippen molar-refractivity contribution in [1.82, 2.24) is 4.98 Å². The van der Waals surface area contributed by atoms with Gasteiger partial charge in [0.15, 0.2) is 0 Å². The average molecular weight is 355 g/mol. The number of hydrogen-bond acceptors (Lipinski definition) is 5. The van der Waals surface area contributed by atoms with E-state index in [4.69, 9.17) is 9.47 Å². The van der Waals surface area contributed by atoms with Crippen LogP contribution in [-0.2, 0) is 9.59 Å². The minimum absolute atomic E-state index is 0.131. The van der Waals surface area contributed by atoms with Crippen LogP contribution in [0.4, 0.5) is 11.5 Å². The second kappa shape index (κ2) is 7.43. The maximum atomic E-state index is 12.5. The van der Waals surface area contributed by atoms with Gasteiger partial charge in [0.25, 0.3) is 0 Å².